The summed E-state index contributed by atoms with van der Waals surface area (Å²) in [6.07, 6.45) is 24.6. The maximum atomic E-state index is 12.0. The molecule has 0 aliphatic heterocycles. The SMILES string of the molecule is CCCCCCCCCCCCOC(=O)NCCCCC(NC(=O)OCCCCCCCCCCCC)C(=O)O. The molecule has 0 radical (unpaired) electrons. The van der Waals surface area contributed by atoms with Crippen molar-refractivity contribution in [3.63, 3.8) is 0 Å². The second-order valence-electron chi connectivity index (χ2n) is 11.1. The predicted octanol–water partition coefficient (Wildman–Crippen LogP) is 8.90. The lowest BCUT2D eigenvalue weighted by molar-refractivity contribution is -0.139. The van der Waals surface area contributed by atoms with Crippen LogP contribution in [0.5, 0.6) is 0 Å². The third-order valence-electron chi connectivity index (χ3n) is 7.24. The molecule has 0 aromatic heterocycles. The van der Waals surface area contributed by atoms with Crippen molar-refractivity contribution in [2.45, 2.75) is 168 Å². The number of amides is 2. The molecule has 8 heteroatoms. The van der Waals surface area contributed by atoms with Crippen molar-refractivity contribution in [1.82, 2.24) is 10.6 Å². The van der Waals surface area contributed by atoms with Gasteiger partial charge in [0.1, 0.15) is 6.04 Å². The maximum absolute atomic E-state index is 12.0. The van der Waals surface area contributed by atoms with E-state index in [1.54, 1.807) is 0 Å². The van der Waals surface area contributed by atoms with E-state index in [4.69, 9.17) is 9.47 Å². The second-order valence-corrected chi connectivity index (χ2v) is 11.1. The van der Waals surface area contributed by atoms with Crippen molar-refractivity contribution in [3.05, 3.63) is 0 Å². The van der Waals surface area contributed by atoms with Crippen LogP contribution in [0.15, 0.2) is 0 Å². The van der Waals surface area contributed by atoms with Crippen molar-refractivity contribution < 1.29 is 29.0 Å². The Labute approximate surface area is 245 Å². The number of carboxylic acid groups (broad SMARTS) is 1. The third-order valence-corrected chi connectivity index (χ3v) is 7.24. The Balaban J connectivity index is 3.64. The van der Waals surface area contributed by atoms with Gasteiger partial charge in [-0.15, -0.1) is 0 Å². The van der Waals surface area contributed by atoms with Crippen LogP contribution in [0.1, 0.15) is 162 Å². The Kier molecular flexibility index (Phi) is 28.5. The standard InChI is InChI=1S/C32H62N2O6/c1-3-5-7-9-11-13-15-17-19-23-27-39-31(37)33-26-22-21-25-29(30(35)36)34-32(38)40-28-24-20-18-16-14-12-10-8-6-4-2/h29H,3-28H2,1-2H3,(H,33,37)(H,34,38)(H,35,36). The van der Waals surface area contributed by atoms with Gasteiger partial charge in [-0.3, -0.25) is 0 Å². The topological polar surface area (TPSA) is 114 Å². The molecule has 0 aromatic rings. The minimum atomic E-state index is -1.08. The molecule has 40 heavy (non-hydrogen) atoms. The zero-order valence-electron chi connectivity index (χ0n) is 26.0. The minimum absolute atomic E-state index is 0.276. The molecule has 0 saturated carbocycles. The molecule has 0 rings (SSSR count). The Bertz CT molecular complexity index is 602. The molecule has 1 atom stereocenters. The van der Waals surface area contributed by atoms with Crippen LogP contribution in [0.3, 0.4) is 0 Å². The molecule has 0 spiro atoms. The van der Waals surface area contributed by atoms with E-state index in [-0.39, 0.29) is 6.42 Å². The normalized spacial score (nSPS) is 11.7. The fraction of sp³-hybridized carbons (Fsp3) is 0.906. The summed E-state index contributed by atoms with van der Waals surface area (Å²) in [7, 11) is 0. The van der Waals surface area contributed by atoms with Crippen LogP contribution in [0, 0.1) is 0 Å². The molecule has 3 N–H and O–H groups in total. The number of hydrogen-bond donors (Lipinski definition) is 3. The van der Waals surface area contributed by atoms with Crippen molar-refractivity contribution >= 4 is 18.2 Å². The van der Waals surface area contributed by atoms with Crippen LogP contribution in [0.25, 0.3) is 0 Å². The quantitative estimate of drug-likeness (QED) is 0.0774. The van der Waals surface area contributed by atoms with Crippen LogP contribution < -0.4 is 10.6 Å². The number of alkyl carbamates (subject to hydrolysis) is 2. The molecular formula is C32H62N2O6. The van der Waals surface area contributed by atoms with Gasteiger partial charge in [-0.1, -0.05) is 129 Å². The van der Waals surface area contributed by atoms with Crippen molar-refractivity contribution in [2.24, 2.45) is 0 Å². The molecule has 1 unspecified atom stereocenters. The van der Waals surface area contributed by atoms with E-state index in [2.05, 4.69) is 24.5 Å². The van der Waals surface area contributed by atoms with Crippen molar-refractivity contribution in [3.8, 4) is 0 Å². The fourth-order valence-electron chi connectivity index (χ4n) is 4.66. The summed E-state index contributed by atoms with van der Waals surface area (Å²) in [6, 6.07) is -0.997. The van der Waals surface area contributed by atoms with Gasteiger partial charge in [0.2, 0.25) is 0 Å². The first kappa shape index (κ1) is 38.0. The fourth-order valence-corrected chi connectivity index (χ4v) is 4.66. The smallest absolute Gasteiger partial charge is 0.407 e. The summed E-state index contributed by atoms with van der Waals surface area (Å²) in [5, 5.41) is 14.5. The van der Waals surface area contributed by atoms with Crippen LogP contribution >= 0.6 is 0 Å². The highest BCUT2D eigenvalue weighted by molar-refractivity contribution is 5.79. The van der Waals surface area contributed by atoms with Gasteiger partial charge in [-0.2, -0.15) is 0 Å². The van der Waals surface area contributed by atoms with E-state index in [9.17, 15) is 19.5 Å². The summed E-state index contributed by atoms with van der Waals surface area (Å²) >= 11 is 0. The van der Waals surface area contributed by atoms with Gasteiger partial charge >= 0.3 is 18.2 Å². The number of carbonyl (C=O) groups excluding carboxylic acids is 2. The number of nitrogens with one attached hydrogen (secondary N) is 2. The Hall–Kier alpha value is -1.99. The zero-order valence-corrected chi connectivity index (χ0v) is 26.0. The molecule has 236 valence electrons. The van der Waals surface area contributed by atoms with Crippen LogP contribution in [0.2, 0.25) is 0 Å². The molecule has 0 saturated heterocycles. The average molecular weight is 571 g/mol. The molecule has 0 heterocycles. The van der Waals surface area contributed by atoms with Gasteiger partial charge < -0.3 is 25.2 Å². The average Bonchev–Trinajstić information content (AvgIpc) is 2.93. The van der Waals surface area contributed by atoms with Crippen LogP contribution in [0.4, 0.5) is 9.59 Å². The first-order chi connectivity index (χ1) is 19.5. The van der Waals surface area contributed by atoms with E-state index in [1.165, 1.54) is 96.3 Å². The number of aliphatic carboxylic acids is 1. The Morgan fingerprint density at radius 2 is 0.950 bits per heavy atom. The van der Waals surface area contributed by atoms with E-state index >= 15 is 0 Å². The number of hydrogen-bond acceptors (Lipinski definition) is 5. The lowest BCUT2D eigenvalue weighted by Gasteiger charge is -2.14. The third kappa shape index (κ3) is 27.6. The monoisotopic (exact) mass is 570 g/mol. The molecule has 0 aliphatic rings. The van der Waals surface area contributed by atoms with Crippen LogP contribution in [-0.4, -0.2) is 49.1 Å². The Morgan fingerprint density at radius 1 is 0.550 bits per heavy atom. The van der Waals surface area contributed by atoms with E-state index < -0.39 is 24.2 Å². The van der Waals surface area contributed by atoms with E-state index in [0.717, 1.165) is 32.1 Å². The number of rotatable bonds is 29. The van der Waals surface area contributed by atoms with Crippen LogP contribution in [-0.2, 0) is 14.3 Å². The maximum Gasteiger partial charge on any atom is 0.407 e. The summed E-state index contributed by atoms with van der Waals surface area (Å²) in [6.45, 7) is 5.60. The second kappa shape index (κ2) is 30.0. The van der Waals surface area contributed by atoms with Gasteiger partial charge in [0.15, 0.2) is 0 Å². The number of carbonyl (C=O) groups is 3. The largest absolute Gasteiger partial charge is 0.480 e. The molecule has 0 aromatic carbocycles. The highest BCUT2D eigenvalue weighted by Gasteiger charge is 2.20. The summed E-state index contributed by atoms with van der Waals surface area (Å²) < 4.78 is 10.4. The molecule has 8 nitrogen and oxygen atoms in total. The molecule has 0 aliphatic carbocycles. The first-order valence-corrected chi connectivity index (χ1v) is 16.6. The van der Waals surface area contributed by atoms with Gasteiger partial charge in [0.25, 0.3) is 0 Å². The molecular weight excluding hydrogens is 508 g/mol. The van der Waals surface area contributed by atoms with Gasteiger partial charge in [0.05, 0.1) is 13.2 Å². The van der Waals surface area contributed by atoms with E-state index in [1.807, 2.05) is 0 Å². The predicted molar refractivity (Wildman–Crippen MR) is 163 cm³/mol. The Morgan fingerprint density at radius 3 is 1.38 bits per heavy atom. The van der Waals surface area contributed by atoms with Gasteiger partial charge in [-0.05, 0) is 32.1 Å². The number of ether oxygens (including phenoxy) is 2. The van der Waals surface area contributed by atoms with Crippen molar-refractivity contribution in [1.29, 1.82) is 0 Å². The lowest BCUT2D eigenvalue weighted by atomic mass is 10.1. The summed E-state index contributed by atoms with van der Waals surface area (Å²) in [4.78, 5) is 35.3. The van der Waals surface area contributed by atoms with Crippen molar-refractivity contribution in [2.75, 3.05) is 19.8 Å². The van der Waals surface area contributed by atoms with Gasteiger partial charge in [-0.25, -0.2) is 14.4 Å². The first-order valence-electron chi connectivity index (χ1n) is 16.6. The zero-order chi connectivity index (χ0) is 29.5. The highest BCUT2D eigenvalue weighted by Crippen LogP contribution is 2.12. The van der Waals surface area contributed by atoms with Gasteiger partial charge in [0, 0.05) is 6.54 Å². The summed E-state index contributed by atoms with van der Waals surface area (Å²) in [5.41, 5.74) is 0. The molecule has 2 amide bonds. The highest BCUT2D eigenvalue weighted by atomic mass is 16.6. The lowest BCUT2D eigenvalue weighted by Crippen LogP contribution is -2.41. The van der Waals surface area contributed by atoms with E-state index in [0.29, 0.717) is 32.6 Å². The number of carboxylic acids is 1. The minimum Gasteiger partial charge on any atom is -0.480 e. The number of unbranched alkanes of at least 4 members (excludes halogenated alkanes) is 19. The summed E-state index contributed by atoms with van der Waals surface area (Å²) in [5.74, 6) is -1.08. The molecule has 0 bridgehead atoms. The molecule has 0 fully saturated rings.